The van der Waals surface area contributed by atoms with Gasteiger partial charge in [0.05, 0.1) is 18.3 Å². The third kappa shape index (κ3) is 4.76. The summed E-state index contributed by atoms with van der Waals surface area (Å²) in [7, 11) is 3.93. The highest BCUT2D eigenvalue weighted by molar-refractivity contribution is 5.87. The Morgan fingerprint density at radius 2 is 1.85 bits per heavy atom. The number of hydrogen-bond donors (Lipinski definition) is 3. The zero-order valence-electron chi connectivity index (χ0n) is 20.5. The van der Waals surface area contributed by atoms with Crippen LogP contribution in [-0.4, -0.2) is 90.8 Å². The van der Waals surface area contributed by atoms with E-state index < -0.39 is 0 Å². The van der Waals surface area contributed by atoms with Crippen LogP contribution in [0, 0.1) is 0 Å². The summed E-state index contributed by atoms with van der Waals surface area (Å²) in [6.45, 7) is 9.75. The SMILES string of the molecule is CCNc1nc(Nc2ccc(N3CCC(N4CCN(C)CC4)CC3)cc2OC)nc2cc[nH]c12. The molecule has 9 heteroatoms. The zero-order valence-corrected chi connectivity index (χ0v) is 20.5. The first-order valence-electron chi connectivity index (χ1n) is 12.4. The molecule has 3 aromatic rings. The lowest BCUT2D eigenvalue weighted by molar-refractivity contribution is 0.0982. The molecule has 0 aliphatic carbocycles. The third-order valence-electron chi connectivity index (χ3n) is 7.07. The monoisotopic (exact) mass is 464 g/mol. The van der Waals surface area contributed by atoms with Gasteiger partial charge in [-0.05, 0) is 45.0 Å². The number of rotatable bonds is 7. The first-order valence-corrected chi connectivity index (χ1v) is 12.4. The normalized spacial score (nSPS) is 18.4. The van der Waals surface area contributed by atoms with Crippen LogP contribution >= 0.6 is 0 Å². The van der Waals surface area contributed by atoms with E-state index in [-0.39, 0.29) is 0 Å². The topological polar surface area (TPSA) is 84.6 Å². The molecule has 0 atom stereocenters. The average Bonchev–Trinajstić information content (AvgIpc) is 3.34. The second-order valence-electron chi connectivity index (χ2n) is 9.23. The Bertz CT molecular complexity index is 1100. The molecule has 4 heterocycles. The number of ether oxygens (including phenoxy) is 1. The predicted molar refractivity (Wildman–Crippen MR) is 139 cm³/mol. The van der Waals surface area contributed by atoms with Crippen molar-refractivity contribution in [3.05, 3.63) is 30.5 Å². The number of likely N-dealkylation sites (N-methyl/N-ethyl adjacent to an activating group) is 1. The number of benzene rings is 1. The molecule has 2 aromatic heterocycles. The Kier molecular flexibility index (Phi) is 6.73. The number of H-pyrrole nitrogens is 1. The molecule has 0 radical (unpaired) electrons. The average molecular weight is 465 g/mol. The van der Waals surface area contributed by atoms with Gasteiger partial charge >= 0.3 is 0 Å². The van der Waals surface area contributed by atoms with Crippen molar-refractivity contribution in [1.82, 2.24) is 24.8 Å². The summed E-state index contributed by atoms with van der Waals surface area (Å²) in [5.41, 5.74) is 3.84. The molecule has 0 bridgehead atoms. The van der Waals surface area contributed by atoms with E-state index in [1.54, 1.807) is 7.11 Å². The maximum Gasteiger partial charge on any atom is 0.229 e. The minimum Gasteiger partial charge on any atom is -0.494 e. The largest absolute Gasteiger partial charge is 0.494 e. The van der Waals surface area contributed by atoms with Crippen molar-refractivity contribution in [3.63, 3.8) is 0 Å². The lowest BCUT2D eigenvalue weighted by Gasteiger charge is -2.42. The van der Waals surface area contributed by atoms with Gasteiger partial charge in [0.25, 0.3) is 0 Å². The van der Waals surface area contributed by atoms with Crippen molar-refractivity contribution < 1.29 is 4.74 Å². The molecule has 2 fully saturated rings. The smallest absolute Gasteiger partial charge is 0.229 e. The van der Waals surface area contributed by atoms with E-state index in [4.69, 9.17) is 4.74 Å². The Balaban J connectivity index is 1.27. The van der Waals surface area contributed by atoms with Crippen LogP contribution in [0.3, 0.4) is 0 Å². The lowest BCUT2D eigenvalue weighted by atomic mass is 10.0. The summed E-state index contributed by atoms with van der Waals surface area (Å²) in [6.07, 6.45) is 4.31. The van der Waals surface area contributed by atoms with Crippen LogP contribution in [0.5, 0.6) is 5.75 Å². The van der Waals surface area contributed by atoms with Gasteiger partial charge in [0, 0.05) is 69.8 Å². The van der Waals surface area contributed by atoms with Gasteiger partial charge < -0.3 is 30.2 Å². The molecular formula is C25H36N8O. The van der Waals surface area contributed by atoms with Crippen LogP contribution in [0.15, 0.2) is 30.5 Å². The number of methoxy groups -OCH3 is 1. The van der Waals surface area contributed by atoms with Crippen molar-refractivity contribution in [2.75, 3.05) is 75.5 Å². The highest BCUT2D eigenvalue weighted by Gasteiger charge is 2.27. The quantitative estimate of drug-likeness (QED) is 0.491. The predicted octanol–water partition coefficient (Wildman–Crippen LogP) is 3.36. The minimum absolute atomic E-state index is 0.544. The zero-order chi connectivity index (χ0) is 23.5. The molecule has 0 spiro atoms. The van der Waals surface area contributed by atoms with Crippen LogP contribution < -0.4 is 20.3 Å². The van der Waals surface area contributed by atoms with Crippen LogP contribution in [-0.2, 0) is 0 Å². The highest BCUT2D eigenvalue weighted by Crippen LogP contribution is 2.33. The molecule has 34 heavy (non-hydrogen) atoms. The van der Waals surface area contributed by atoms with Crippen molar-refractivity contribution in [2.45, 2.75) is 25.8 Å². The van der Waals surface area contributed by atoms with Gasteiger partial charge in [-0.2, -0.15) is 4.98 Å². The Labute approximate surface area is 201 Å². The molecule has 2 aliphatic rings. The number of fused-ring (bicyclic) bond motifs is 1. The van der Waals surface area contributed by atoms with Gasteiger partial charge in [-0.1, -0.05) is 0 Å². The van der Waals surface area contributed by atoms with Gasteiger partial charge in [0.1, 0.15) is 11.3 Å². The molecule has 0 amide bonds. The van der Waals surface area contributed by atoms with Gasteiger partial charge in [-0.3, -0.25) is 4.90 Å². The second-order valence-corrected chi connectivity index (χ2v) is 9.23. The fourth-order valence-corrected chi connectivity index (χ4v) is 5.07. The lowest BCUT2D eigenvalue weighted by Crippen LogP contribution is -2.52. The minimum atomic E-state index is 0.544. The van der Waals surface area contributed by atoms with Crippen molar-refractivity contribution in [2.24, 2.45) is 0 Å². The highest BCUT2D eigenvalue weighted by atomic mass is 16.5. The number of nitrogens with one attached hydrogen (secondary N) is 3. The number of aromatic amines is 1. The molecule has 2 aliphatic heterocycles. The standard InChI is InChI=1S/C25H36N8O/c1-4-26-24-23-21(7-10-27-23)29-25(30-24)28-20-6-5-19(17-22(20)34-3)32-11-8-18(9-12-32)33-15-13-31(2)14-16-33/h5-7,10,17-18,27H,4,8-9,11-16H2,1-3H3,(H2,26,28,29,30). The van der Waals surface area contributed by atoms with Crippen molar-refractivity contribution in [3.8, 4) is 5.75 Å². The van der Waals surface area contributed by atoms with Crippen LogP contribution in [0.2, 0.25) is 0 Å². The van der Waals surface area contributed by atoms with Crippen molar-refractivity contribution in [1.29, 1.82) is 0 Å². The van der Waals surface area contributed by atoms with E-state index in [0.29, 0.717) is 12.0 Å². The number of hydrogen-bond acceptors (Lipinski definition) is 8. The fourth-order valence-electron chi connectivity index (χ4n) is 5.07. The summed E-state index contributed by atoms with van der Waals surface area (Å²) >= 11 is 0. The van der Waals surface area contributed by atoms with Crippen LogP contribution in [0.1, 0.15) is 19.8 Å². The van der Waals surface area contributed by atoms with Crippen LogP contribution in [0.25, 0.3) is 11.0 Å². The van der Waals surface area contributed by atoms with E-state index in [1.165, 1.54) is 44.7 Å². The number of anilines is 4. The Morgan fingerprint density at radius 3 is 2.59 bits per heavy atom. The molecule has 9 nitrogen and oxygen atoms in total. The maximum atomic E-state index is 5.75. The summed E-state index contributed by atoms with van der Waals surface area (Å²) in [5, 5.41) is 6.66. The van der Waals surface area contributed by atoms with E-state index >= 15 is 0 Å². The summed E-state index contributed by atoms with van der Waals surface area (Å²) < 4.78 is 5.75. The Hall–Kier alpha value is -3.04. The number of piperazine rings is 1. The molecule has 0 saturated carbocycles. The fraction of sp³-hybridized carbons (Fsp3) is 0.520. The molecule has 1 aromatic carbocycles. The first kappa shape index (κ1) is 22.7. The van der Waals surface area contributed by atoms with E-state index in [1.807, 2.05) is 12.3 Å². The Morgan fingerprint density at radius 1 is 1.06 bits per heavy atom. The second kappa shape index (κ2) is 10.1. The van der Waals surface area contributed by atoms with Crippen LogP contribution in [0.4, 0.5) is 23.1 Å². The molecule has 2 saturated heterocycles. The number of piperidine rings is 1. The van der Waals surface area contributed by atoms with E-state index in [9.17, 15) is 0 Å². The maximum absolute atomic E-state index is 5.75. The third-order valence-corrected chi connectivity index (χ3v) is 7.07. The van der Waals surface area contributed by atoms with Gasteiger partial charge in [-0.15, -0.1) is 0 Å². The molecule has 5 rings (SSSR count). The molecular weight excluding hydrogens is 428 g/mol. The van der Waals surface area contributed by atoms with Gasteiger partial charge in [-0.25, -0.2) is 4.98 Å². The molecule has 3 N–H and O–H groups in total. The van der Waals surface area contributed by atoms with Crippen molar-refractivity contribution >= 4 is 34.2 Å². The number of aromatic nitrogens is 3. The number of nitrogens with zero attached hydrogens (tertiary/aromatic N) is 5. The summed E-state index contributed by atoms with van der Waals surface area (Å²) in [5.74, 6) is 2.13. The van der Waals surface area contributed by atoms with Gasteiger partial charge in [0.2, 0.25) is 5.95 Å². The van der Waals surface area contributed by atoms with E-state index in [2.05, 4.69) is 72.5 Å². The summed E-state index contributed by atoms with van der Waals surface area (Å²) in [6, 6.07) is 9.02. The summed E-state index contributed by atoms with van der Waals surface area (Å²) in [4.78, 5) is 20.1. The van der Waals surface area contributed by atoms with E-state index in [0.717, 1.165) is 47.9 Å². The first-order chi connectivity index (χ1) is 16.6. The molecule has 0 unspecified atom stereocenters. The molecule has 182 valence electrons. The van der Waals surface area contributed by atoms with Gasteiger partial charge in [0.15, 0.2) is 5.82 Å².